The first kappa shape index (κ1) is 12.2. The van der Waals surface area contributed by atoms with Gasteiger partial charge in [0.1, 0.15) is 6.17 Å². The molecule has 1 aliphatic carbocycles. The topological polar surface area (TPSA) is 44.6 Å². The smallest absolute Gasteiger partial charge is 0.127 e. The lowest BCUT2D eigenvalue weighted by molar-refractivity contribution is 0.0304. The van der Waals surface area contributed by atoms with Crippen LogP contribution in [0.25, 0.3) is 0 Å². The van der Waals surface area contributed by atoms with Gasteiger partial charge in [-0.25, -0.2) is 4.39 Å². The van der Waals surface area contributed by atoms with Crippen LogP contribution in [0.1, 0.15) is 26.2 Å². The molecule has 0 aliphatic heterocycles. The molecule has 1 fully saturated rings. The SMILES string of the molecule is C=N/C(=C\NCC)[C@H]1CC[C@H](O)[C@@H](F)C1. The molecule has 0 bridgehead atoms. The summed E-state index contributed by atoms with van der Waals surface area (Å²) in [4.78, 5) is 3.91. The number of aliphatic hydroxyl groups excluding tert-OH is 1. The number of nitrogens with one attached hydrogen (secondary N) is 1. The van der Waals surface area contributed by atoms with Gasteiger partial charge in [0.25, 0.3) is 0 Å². The van der Waals surface area contributed by atoms with Gasteiger partial charge >= 0.3 is 0 Å². The Morgan fingerprint density at radius 3 is 2.93 bits per heavy atom. The standard InChI is InChI=1S/C11H19FN2O/c1-3-14-7-10(13-2)8-4-5-11(15)9(12)6-8/h7-9,11,14-15H,2-6H2,1H3/b10-7-/t8-,9-,11-/m0/s1. The van der Waals surface area contributed by atoms with Gasteiger partial charge in [0.2, 0.25) is 0 Å². The van der Waals surface area contributed by atoms with Crippen LogP contribution < -0.4 is 5.32 Å². The summed E-state index contributed by atoms with van der Waals surface area (Å²) in [6, 6.07) is 0. The van der Waals surface area contributed by atoms with Gasteiger partial charge in [0.05, 0.1) is 11.8 Å². The fourth-order valence-electron chi connectivity index (χ4n) is 1.87. The predicted octanol–water partition coefficient (Wildman–Crippen LogP) is 1.64. The Morgan fingerprint density at radius 2 is 2.40 bits per heavy atom. The van der Waals surface area contributed by atoms with E-state index in [4.69, 9.17) is 0 Å². The summed E-state index contributed by atoms with van der Waals surface area (Å²) in [5.74, 6) is 0.0833. The minimum Gasteiger partial charge on any atom is -0.390 e. The molecule has 1 rings (SSSR count). The number of aliphatic imine (C=N–C) groups is 1. The molecule has 0 spiro atoms. The summed E-state index contributed by atoms with van der Waals surface area (Å²) >= 11 is 0. The zero-order valence-corrected chi connectivity index (χ0v) is 9.12. The number of hydrogen-bond acceptors (Lipinski definition) is 3. The summed E-state index contributed by atoms with van der Waals surface area (Å²) in [5.41, 5.74) is 0.798. The maximum atomic E-state index is 13.3. The van der Waals surface area contributed by atoms with Crippen molar-refractivity contribution in [3.05, 3.63) is 11.9 Å². The molecule has 86 valence electrons. The molecule has 4 heteroatoms. The number of allylic oxidation sites excluding steroid dienone is 1. The van der Waals surface area contributed by atoms with Gasteiger partial charge in [-0.2, -0.15) is 0 Å². The number of alkyl halides is 1. The molecule has 0 saturated heterocycles. The molecule has 0 aromatic rings. The number of aliphatic hydroxyl groups is 1. The highest BCUT2D eigenvalue weighted by Gasteiger charge is 2.30. The van der Waals surface area contributed by atoms with Crippen LogP contribution in [0.2, 0.25) is 0 Å². The Labute approximate surface area is 90.1 Å². The third kappa shape index (κ3) is 3.30. The average molecular weight is 214 g/mol. The van der Waals surface area contributed by atoms with Crippen LogP contribution in [-0.4, -0.2) is 30.6 Å². The lowest BCUT2D eigenvalue weighted by atomic mass is 9.84. The zero-order valence-electron chi connectivity index (χ0n) is 9.12. The Balaban J connectivity index is 2.58. The summed E-state index contributed by atoms with van der Waals surface area (Å²) in [6.45, 7) is 6.29. The summed E-state index contributed by atoms with van der Waals surface area (Å²) in [5, 5.41) is 12.3. The first-order valence-corrected chi connectivity index (χ1v) is 5.41. The van der Waals surface area contributed by atoms with Crippen molar-refractivity contribution in [2.45, 2.75) is 38.5 Å². The van der Waals surface area contributed by atoms with E-state index in [0.29, 0.717) is 12.8 Å². The Morgan fingerprint density at radius 1 is 1.67 bits per heavy atom. The van der Waals surface area contributed by atoms with Gasteiger partial charge in [0, 0.05) is 18.7 Å². The van der Waals surface area contributed by atoms with E-state index >= 15 is 0 Å². The molecule has 0 radical (unpaired) electrons. The average Bonchev–Trinajstić information content (AvgIpc) is 2.24. The van der Waals surface area contributed by atoms with Crippen LogP contribution in [0.15, 0.2) is 16.9 Å². The maximum absolute atomic E-state index is 13.3. The van der Waals surface area contributed by atoms with Crippen molar-refractivity contribution < 1.29 is 9.50 Å². The van der Waals surface area contributed by atoms with E-state index in [1.54, 1.807) is 6.20 Å². The van der Waals surface area contributed by atoms with Gasteiger partial charge in [-0.15, -0.1) is 0 Å². The van der Waals surface area contributed by atoms with Crippen molar-refractivity contribution in [1.82, 2.24) is 5.32 Å². The molecule has 0 aromatic heterocycles. The van der Waals surface area contributed by atoms with Crippen LogP contribution in [0, 0.1) is 5.92 Å². The molecular formula is C11H19FN2O. The minimum absolute atomic E-state index is 0.0833. The van der Waals surface area contributed by atoms with Crippen LogP contribution in [0.4, 0.5) is 4.39 Å². The monoisotopic (exact) mass is 214 g/mol. The second kappa shape index (κ2) is 5.85. The van der Waals surface area contributed by atoms with E-state index in [-0.39, 0.29) is 5.92 Å². The zero-order chi connectivity index (χ0) is 11.3. The third-order valence-electron chi connectivity index (χ3n) is 2.79. The molecule has 1 saturated carbocycles. The first-order chi connectivity index (χ1) is 7.19. The van der Waals surface area contributed by atoms with Gasteiger partial charge in [-0.3, -0.25) is 4.99 Å². The van der Waals surface area contributed by atoms with Gasteiger partial charge in [-0.05, 0) is 32.9 Å². The Bertz CT molecular complexity index is 243. The summed E-state index contributed by atoms with van der Waals surface area (Å²) in [7, 11) is 0. The highest BCUT2D eigenvalue weighted by Crippen LogP contribution is 2.31. The van der Waals surface area contributed by atoms with Crippen molar-refractivity contribution in [2.24, 2.45) is 10.9 Å². The minimum atomic E-state index is -1.13. The molecule has 0 heterocycles. The number of hydrogen-bond donors (Lipinski definition) is 2. The maximum Gasteiger partial charge on any atom is 0.127 e. The third-order valence-corrected chi connectivity index (χ3v) is 2.79. The normalized spacial score (nSPS) is 32.5. The number of rotatable bonds is 4. The van der Waals surface area contributed by atoms with Crippen molar-refractivity contribution in [3.63, 3.8) is 0 Å². The van der Waals surface area contributed by atoms with Crippen LogP contribution >= 0.6 is 0 Å². The quantitative estimate of drug-likeness (QED) is 0.699. The van der Waals surface area contributed by atoms with Crippen molar-refractivity contribution in [3.8, 4) is 0 Å². The van der Waals surface area contributed by atoms with Gasteiger partial charge < -0.3 is 10.4 Å². The second-order valence-electron chi connectivity index (χ2n) is 3.88. The number of halogens is 1. The Hall–Kier alpha value is -0.900. The predicted molar refractivity (Wildman–Crippen MR) is 59.6 cm³/mol. The molecule has 0 aromatic carbocycles. The van der Waals surface area contributed by atoms with Crippen LogP contribution in [0.5, 0.6) is 0 Å². The molecule has 15 heavy (non-hydrogen) atoms. The largest absolute Gasteiger partial charge is 0.390 e. The summed E-state index contributed by atoms with van der Waals surface area (Å²) in [6.07, 6.45) is 1.49. The highest BCUT2D eigenvalue weighted by molar-refractivity contribution is 5.29. The van der Waals surface area contributed by atoms with E-state index in [2.05, 4.69) is 17.0 Å². The molecule has 2 N–H and O–H groups in total. The second-order valence-corrected chi connectivity index (χ2v) is 3.88. The van der Waals surface area contributed by atoms with E-state index in [0.717, 1.165) is 18.7 Å². The molecular weight excluding hydrogens is 195 g/mol. The fraction of sp³-hybridized carbons (Fsp3) is 0.727. The molecule has 3 atom stereocenters. The van der Waals surface area contributed by atoms with Crippen molar-refractivity contribution in [2.75, 3.05) is 6.54 Å². The highest BCUT2D eigenvalue weighted by atomic mass is 19.1. The van der Waals surface area contributed by atoms with Gasteiger partial charge in [-0.1, -0.05) is 0 Å². The van der Waals surface area contributed by atoms with Crippen molar-refractivity contribution in [1.29, 1.82) is 0 Å². The Kier molecular flexibility index (Phi) is 4.75. The molecule has 1 aliphatic rings. The summed E-state index contributed by atoms with van der Waals surface area (Å²) < 4.78 is 13.3. The lowest BCUT2D eigenvalue weighted by Crippen LogP contribution is -2.31. The molecule has 0 amide bonds. The van der Waals surface area contributed by atoms with Gasteiger partial charge in [0.15, 0.2) is 0 Å². The van der Waals surface area contributed by atoms with E-state index in [9.17, 15) is 9.50 Å². The molecule has 0 unspecified atom stereocenters. The fourth-order valence-corrected chi connectivity index (χ4v) is 1.87. The van der Waals surface area contributed by atoms with E-state index in [1.165, 1.54) is 0 Å². The van der Waals surface area contributed by atoms with Crippen LogP contribution in [0.3, 0.4) is 0 Å². The number of nitrogens with zero attached hydrogens (tertiary/aromatic N) is 1. The van der Waals surface area contributed by atoms with E-state index < -0.39 is 12.3 Å². The van der Waals surface area contributed by atoms with Crippen molar-refractivity contribution >= 4 is 6.72 Å². The first-order valence-electron chi connectivity index (χ1n) is 5.41. The van der Waals surface area contributed by atoms with E-state index in [1.807, 2.05) is 6.92 Å². The lowest BCUT2D eigenvalue weighted by Gasteiger charge is -2.28. The molecule has 3 nitrogen and oxygen atoms in total. The van der Waals surface area contributed by atoms with Crippen LogP contribution in [-0.2, 0) is 0 Å².